The summed E-state index contributed by atoms with van der Waals surface area (Å²) in [6, 6.07) is 0.689. The molecule has 1 amide bonds. The molecule has 2 saturated heterocycles. The summed E-state index contributed by atoms with van der Waals surface area (Å²) in [5.41, 5.74) is 0. The standard InChI is InChI=1S/C15H29N3O/c1-11(2)7-14-15(19)18(10-16-14)9-13-5-6-17(8-13)12(3)4/h11-14,16H,5-10H2,1-4H3. The quantitative estimate of drug-likeness (QED) is 0.820. The summed E-state index contributed by atoms with van der Waals surface area (Å²) in [7, 11) is 0. The molecule has 0 spiro atoms. The fourth-order valence-electron chi connectivity index (χ4n) is 3.21. The average molecular weight is 267 g/mol. The van der Waals surface area contributed by atoms with E-state index < -0.39 is 0 Å². The van der Waals surface area contributed by atoms with Crippen LogP contribution in [0.15, 0.2) is 0 Å². The summed E-state index contributed by atoms with van der Waals surface area (Å²) in [6.07, 6.45) is 2.19. The molecule has 1 N–H and O–H groups in total. The van der Waals surface area contributed by atoms with Crippen LogP contribution in [0.2, 0.25) is 0 Å². The largest absolute Gasteiger partial charge is 0.328 e. The van der Waals surface area contributed by atoms with Gasteiger partial charge in [0.25, 0.3) is 0 Å². The van der Waals surface area contributed by atoms with Gasteiger partial charge in [-0.1, -0.05) is 13.8 Å². The highest BCUT2D eigenvalue weighted by Crippen LogP contribution is 2.21. The summed E-state index contributed by atoms with van der Waals surface area (Å²) in [4.78, 5) is 16.8. The second kappa shape index (κ2) is 6.23. The maximum Gasteiger partial charge on any atom is 0.240 e. The molecule has 2 unspecified atom stereocenters. The topological polar surface area (TPSA) is 35.6 Å². The van der Waals surface area contributed by atoms with E-state index in [0.29, 0.717) is 23.8 Å². The van der Waals surface area contributed by atoms with E-state index >= 15 is 0 Å². The van der Waals surface area contributed by atoms with Crippen LogP contribution in [0.25, 0.3) is 0 Å². The van der Waals surface area contributed by atoms with E-state index in [1.54, 1.807) is 0 Å². The Bertz CT molecular complexity index is 317. The van der Waals surface area contributed by atoms with E-state index in [4.69, 9.17) is 0 Å². The monoisotopic (exact) mass is 267 g/mol. The summed E-state index contributed by atoms with van der Waals surface area (Å²) in [6.45, 7) is 12.9. The van der Waals surface area contributed by atoms with Gasteiger partial charge in [0.15, 0.2) is 0 Å². The van der Waals surface area contributed by atoms with Gasteiger partial charge < -0.3 is 9.80 Å². The summed E-state index contributed by atoms with van der Waals surface area (Å²) in [5.74, 6) is 1.55. The zero-order valence-electron chi connectivity index (χ0n) is 12.9. The van der Waals surface area contributed by atoms with E-state index in [1.807, 2.05) is 4.90 Å². The molecule has 2 rings (SSSR count). The van der Waals surface area contributed by atoms with Crippen molar-refractivity contribution in [1.82, 2.24) is 15.1 Å². The molecule has 19 heavy (non-hydrogen) atoms. The van der Waals surface area contributed by atoms with Crippen molar-refractivity contribution in [1.29, 1.82) is 0 Å². The predicted octanol–water partition coefficient (Wildman–Crippen LogP) is 1.52. The molecule has 2 atom stereocenters. The molecule has 2 heterocycles. The predicted molar refractivity (Wildman–Crippen MR) is 77.8 cm³/mol. The first-order valence-electron chi connectivity index (χ1n) is 7.73. The third-order valence-corrected chi connectivity index (χ3v) is 4.37. The Labute approximate surface area is 117 Å². The van der Waals surface area contributed by atoms with Crippen LogP contribution in [0.3, 0.4) is 0 Å². The number of hydrogen-bond acceptors (Lipinski definition) is 3. The number of carbonyl (C=O) groups excluding carboxylic acids is 1. The smallest absolute Gasteiger partial charge is 0.240 e. The Kier molecular flexibility index (Phi) is 4.85. The second-order valence-corrected chi connectivity index (χ2v) is 6.85. The molecule has 4 nitrogen and oxygen atoms in total. The highest BCUT2D eigenvalue weighted by molar-refractivity contribution is 5.83. The maximum atomic E-state index is 12.3. The lowest BCUT2D eigenvalue weighted by atomic mass is 10.0. The van der Waals surface area contributed by atoms with Crippen molar-refractivity contribution in [3.8, 4) is 0 Å². The van der Waals surface area contributed by atoms with Gasteiger partial charge in [0, 0.05) is 19.1 Å². The Morgan fingerprint density at radius 2 is 2.05 bits per heavy atom. The van der Waals surface area contributed by atoms with Gasteiger partial charge in [-0.3, -0.25) is 10.1 Å². The fraction of sp³-hybridized carbons (Fsp3) is 0.933. The summed E-state index contributed by atoms with van der Waals surface area (Å²) in [5, 5.41) is 3.36. The van der Waals surface area contributed by atoms with Crippen LogP contribution in [0.4, 0.5) is 0 Å². The summed E-state index contributed by atoms with van der Waals surface area (Å²) < 4.78 is 0. The minimum atomic E-state index is 0.0580. The van der Waals surface area contributed by atoms with Gasteiger partial charge >= 0.3 is 0 Å². The zero-order chi connectivity index (χ0) is 14.0. The third kappa shape index (κ3) is 3.69. The fourth-order valence-corrected chi connectivity index (χ4v) is 3.21. The van der Waals surface area contributed by atoms with Gasteiger partial charge in [-0.05, 0) is 45.1 Å². The van der Waals surface area contributed by atoms with Crippen molar-refractivity contribution in [2.24, 2.45) is 11.8 Å². The van der Waals surface area contributed by atoms with Gasteiger partial charge in [0.1, 0.15) is 0 Å². The SMILES string of the molecule is CC(C)CC1NCN(CC2CCN(C(C)C)C2)C1=O. The molecule has 0 bridgehead atoms. The molecule has 4 heteroatoms. The number of likely N-dealkylation sites (tertiary alicyclic amines) is 1. The molecule has 0 aromatic carbocycles. The van der Waals surface area contributed by atoms with Crippen LogP contribution >= 0.6 is 0 Å². The minimum Gasteiger partial charge on any atom is -0.328 e. The van der Waals surface area contributed by atoms with Gasteiger partial charge in [-0.2, -0.15) is 0 Å². The molecule has 110 valence electrons. The Hall–Kier alpha value is -0.610. The highest BCUT2D eigenvalue weighted by Gasteiger charge is 2.34. The summed E-state index contributed by atoms with van der Waals surface area (Å²) >= 11 is 0. The number of hydrogen-bond donors (Lipinski definition) is 1. The van der Waals surface area contributed by atoms with Crippen molar-refractivity contribution >= 4 is 5.91 Å². The van der Waals surface area contributed by atoms with Crippen molar-refractivity contribution in [2.45, 2.75) is 52.6 Å². The molecule has 0 radical (unpaired) electrons. The van der Waals surface area contributed by atoms with Gasteiger partial charge in [0.05, 0.1) is 12.7 Å². The van der Waals surface area contributed by atoms with Crippen LogP contribution in [0.1, 0.15) is 40.5 Å². The number of carbonyl (C=O) groups is 1. The minimum absolute atomic E-state index is 0.0580. The van der Waals surface area contributed by atoms with Crippen molar-refractivity contribution in [2.75, 3.05) is 26.3 Å². The molecule has 2 fully saturated rings. The third-order valence-electron chi connectivity index (χ3n) is 4.37. The molecule has 0 aliphatic carbocycles. The molecular formula is C15H29N3O. The van der Waals surface area contributed by atoms with Gasteiger partial charge in [-0.25, -0.2) is 0 Å². The van der Waals surface area contributed by atoms with Crippen LogP contribution in [0, 0.1) is 11.8 Å². The van der Waals surface area contributed by atoms with Gasteiger partial charge in [-0.15, -0.1) is 0 Å². The lowest BCUT2D eigenvalue weighted by Gasteiger charge is -2.23. The highest BCUT2D eigenvalue weighted by atomic mass is 16.2. The van der Waals surface area contributed by atoms with Crippen LogP contribution in [-0.4, -0.2) is 54.1 Å². The number of nitrogens with zero attached hydrogens (tertiary/aromatic N) is 2. The van der Waals surface area contributed by atoms with Crippen molar-refractivity contribution in [3.05, 3.63) is 0 Å². The zero-order valence-corrected chi connectivity index (χ0v) is 12.9. The molecule has 0 aromatic rings. The second-order valence-electron chi connectivity index (χ2n) is 6.85. The van der Waals surface area contributed by atoms with E-state index in [-0.39, 0.29) is 6.04 Å². The first-order valence-corrected chi connectivity index (χ1v) is 7.73. The van der Waals surface area contributed by atoms with Crippen molar-refractivity contribution < 1.29 is 4.79 Å². The lowest BCUT2D eigenvalue weighted by Crippen LogP contribution is -2.36. The van der Waals surface area contributed by atoms with E-state index in [0.717, 1.165) is 26.2 Å². The Morgan fingerprint density at radius 1 is 1.32 bits per heavy atom. The Balaban J connectivity index is 1.80. The normalized spacial score (nSPS) is 29.2. The van der Waals surface area contributed by atoms with Crippen LogP contribution < -0.4 is 5.32 Å². The number of amides is 1. The molecular weight excluding hydrogens is 238 g/mol. The Morgan fingerprint density at radius 3 is 2.63 bits per heavy atom. The number of nitrogens with one attached hydrogen (secondary N) is 1. The number of rotatable bonds is 5. The maximum absolute atomic E-state index is 12.3. The lowest BCUT2D eigenvalue weighted by molar-refractivity contribution is -0.129. The first kappa shape index (κ1) is 14.8. The van der Waals surface area contributed by atoms with E-state index in [1.165, 1.54) is 13.0 Å². The van der Waals surface area contributed by atoms with Crippen molar-refractivity contribution in [3.63, 3.8) is 0 Å². The molecule has 0 saturated carbocycles. The molecule has 0 aromatic heterocycles. The van der Waals surface area contributed by atoms with E-state index in [9.17, 15) is 4.79 Å². The van der Waals surface area contributed by atoms with Crippen LogP contribution in [0.5, 0.6) is 0 Å². The van der Waals surface area contributed by atoms with Gasteiger partial charge in [0.2, 0.25) is 5.91 Å². The van der Waals surface area contributed by atoms with Crippen LogP contribution in [-0.2, 0) is 4.79 Å². The molecule has 2 aliphatic heterocycles. The first-order chi connectivity index (χ1) is 8.97. The molecule has 2 aliphatic rings. The average Bonchev–Trinajstić information content (AvgIpc) is 2.91. The van der Waals surface area contributed by atoms with E-state index in [2.05, 4.69) is 37.9 Å².